The normalized spacial score (nSPS) is 10.4. The molecule has 0 saturated heterocycles. The van der Waals surface area contributed by atoms with E-state index in [0.29, 0.717) is 18.9 Å². The second-order valence-corrected chi connectivity index (χ2v) is 3.86. The molecule has 0 spiro atoms. The Labute approximate surface area is 110 Å². The Morgan fingerprint density at radius 3 is 2.95 bits per heavy atom. The van der Waals surface area contributed by atoms with E-state index in [1.807, 2.05) is 0 Å². The van der Waals surface area contributed by atoms with Crippen molar-refractivity contribution in [1.29, 1.82) is 0 Å². The fourth-order valence-electron chi connectivity index (χ4n) is 1.50. The molecule has 0 aliphatic heterocycles. The minimum absolute atomic E-state index is 0.0739. The number of hydrogen-bond donors (Lipinski definition) is 1. The maximum Gasteiger partial charge on any atom is 0.320 e. The molecule has 0 fully saturated rings. The zero-order valence-corrected chi connectivity index (χ0v) is 10.8. The van der Waals surface area contributed by atoms with E-state index >= 15 is 0 Å². The number of carbonyl (C=O) groups is 1. The van der Waals surface area contributed by atoms with Gasteiger partial charge in [-0.1, -0.05) is 6.08 Å². The van der Waals surface area contributed by atoms with Crippen LogP contribution in [-0.2, 0) is 16.1 Å². The molecular formula is C13H17NO5. The fraction of sp³-hybridized carbons (Fsp3) is 0.385. The van der Waals surface area contributed by atoms with E-state index in [2.05, 4.69) is 6.58 Å². The molecule has 6 heteroatoms. The Hall–Kier alpha value is -2.08. The van der Waals surface area contributed by atoms with E-state index in [1.54, 1.807) is 17.9 Å². The van der Waals surface area contributed by atoms with Crippen LogP contribution in [0.2, 0.25) is 0 Å². The Bertz CT molecular complexity index is 494. The van der Waals surface area contributed by atoms with E-state index in [1.165, 1.54) is 6.07 Å². The van der Waals surface area contributed by atoms with E-state index in [0.717, 1.165) is 6.26 Å². The van der Waals surface area contributed by atoms with Gasteiger partial charge in [0, 0.05) is 12.6 Å². The third kappa shape index (κ3) is 4.97. The molecule has 104 valence electrons. The summed E-state index contributed by atoms with van der Waals surface area (Å²) >= 11 is 0. The Morgan fingerprint density at radius 2 is 2.37 bits per heavy atom. The van der Waals surface area contributed by atoms with Gasteiger partial charge in [-0.2, -0.15) is 0 Å². The second kappa shape index (κ2) is 7.38. The quantitative estimate of drug-likeness (QED) is 0.584. The molecule has 0 unspecified atom stereocenters. The summed E-state index contributed by atoms with van der Waals surface area (Å²) in [6.07, 6.45) is 2.62. The number of carbonyl (C=O) groups excluding carboxylic acids is 1. The standard InChI is InChI=1S/C13H17NO5/c1-3-5-14(8-13(17)18-4-2)7-10-6-11(15)12(16)9-19-10/h3,6,9,16H,1,4-5,7-8H2,2H3. The molecule has 1 heterocycles. The Balaban J connectivity index is 2.71. The molecule has 0 saturated carbocycles. The summed E-state index contributed by atoms with van der Waals surface area (Å²) in [5, 5.41) is 9.09. The van der Waals surface area contributed by atoms with Crippen LogP contribution in [-0.4, -0.2) is 35.7 Å². The number of nitrogens with zero attached hydrogens (tertiary/aromatic N) is 1. The van der Waals surface area contributed by atoms with Crippen LogP contribution in [0.15, 0.2) is 34.2 Å². The van der Waals surface area contributed by atoms with E-state index in [-0.39, 0.29) is 19.1 Å². The van der Waals surface area contributed by atoms with Crippen molar-refractivity contribution in [3.63, 3.8) is 0 Å². The van der Waals surface area contributed by atoms with E-state index in [9.17, 15) is 9.59 Å². The maximum atomic E-state index is 11.4. The van der Waals surface area contributed by atoms with Crippen molar-refractivity contribution in [3.8, 4) is 5.75 Å². The highest BCUT2D eigenvalue weighted by Gasteiger charge is 2.13. The minimum Gasteiger partial charge on any atom is -0.502 e. The molecule has 1 aromatic rings. The zero-order valence-electron chi connectivity index (χ0n) is 10.8. The summed E-state index contributed by atoms with van der Waals surface area (Å²) < 4.78 is 9.93. The topological polar surface area (TPSA) is 80.0 Å². The van der Waals surface area contributed by atoms with Crippen LogP contribution < -0.4 is 5.43 Å². The molecular weight excluding hydrogens is 250 g/mol. The van der Waals surface area contributed by atoms with Gasteiger partial charge in [0.1, 0.15) is 12.0 Å². The molecule has 1 aromatic heterocycles. The van der Waals surface area contributed by atoms with Gasteiger partial charge in [0.15, 0.2) is 5.75 Å². The van der Waals surface area contributed by atoms with Gasteiger partial charge in [0.25, 0.3) is 0 Å². The number of aromatic hydroxyl groups is 1. The lowest BCUT2D eigenvalue weighted by Gasteiger charge is -2.18. The largest absolute Gasteiger partial charge is 0.502 e. The molecule has 0 aliphatic rings. The second-order valence-electron chi connectivity index (χ2n) is 3.86. The Kier molecular flexibility index (Phi) is 5.81. The summed E-state index contributed by atoms with van der Waals surface area (Å²) in [6.45, 7) is 6.42. The van der Waals surface area contributed by atoms with Crippen molar-refractivity contribution in [1.82, 2.24) is 4.90 Å². The van der Waals surface area contributed by atoms with Crippen molar-refractivity contribution < 1.29 is 19.1 Å². The van der Waals surface area contributed by atoms with Crippen molar-refractivity contribution in [2.75, 3.05) is 19.7 Å². The zero-order chi connectivity index (χ0) is 14.3. The van der Waals surface area contributed by atoms with Gasteiger partial charge in [-0.3, -0.25) is 14.5 Å². The predicted octanol–water partition coefficient (Wildman–Crippen LogP) is 0.896. The molecule has 0 radical (unpaired) electrons. The molecule has 0 bridgehead atoms. The summed E-state index contributed by atoms with van der Waals surface area (Å²) in [6, 6.07) is 1.19. The van der Waals surface area contributed by atoms with Gasteiger partial charge in [0.05, 0.1) is 19.7 Å². The third-order valence-electron chi connectivity index (χ3n) is 2.29. The van der Waals surface area contributed by atoms with Gasteiger partial charge in [-0.05, 0) is 6.92 Å². The molecule has 1 rings (SSSR count). The maximum absolute atomic E-state index is 11.4. The van der Waals surface area contributed by atoms with Gasteiger partial charge >= 0.3 is 5.97 Å². The van der Waals surface area contributed by atoms with Crippen LogP contribution >= 0.6 is 0 Å². The summed E-state index contributed by atoms with van der Waals surface area (Å²) in [7, 11) is 0. The number of ether oxygens (including phenoxy) is 1. The first kappa shape index (κ1) is 15.0. The SMILES string of the molecule is C=CCN(CC(=O)OCC)Cc1cc(=O)c(O)co1. The highest BCUT2D eigenvalue weighted by molar-refractivity contribution is 5.71. The number of rotatable bonds is 7. The van der Waals surface area contributed by atoms with Gasteiger partial charge in [0.2, 0.25) is 5.43 Å². The average molecular weight is 267 g/mol. The van der Waals surface area contributed by atoms with Crippen LogP contribution in [0.4, 0.5) is 0 Å². The van der Waals surface area contributed by atoms with Crippen molar-refractivity contribution in [3.05, 3.63) is 41.0 Å². The smallest absolute Gasteiger partial charge is 0.320 e. The van der Waals surface area contributed by atoms with Crippen molar-refractivity contribution in [2.45, 2.75) is 13.5 Å². The van der Waals surface area contributed by atoms with Crippen LogP contribution in [0.5, 0.6) is 5.75 Å². The van der Waals surface area contributed by atoms with Crippen molar-refractivity contribution in [2.24, 2.45) is 0 Å². The van der Waals surface area contributed by atoms with Crippen molar-refractivity contribution >= 4 is 5.97 Å². The first-order chi connectivity index (χ1) is 9.06. The number of hydrogen-bond acceptors (Lipinski definition) is 6. The predicted molar refractivity (Wildman–Crippen MR) is 68.7 cm³/mol. The van der Waals surface area contributed by atoms with Gasteiger partial charge < -0.3 is 14.3 Å². The molecule has 6 nitrogen and oxygen atoms in total. The minimum atomic E-state index is -0.518. The summed E-state index contributed by atoms with van der Waals surface area (Å²) in [5.74, 6) is -0.441. The lowest BCUT2D eigenvalue weighted by molar-refractivity contribution is -0.144. The average Bonchev–Trinajstić information content (AvgIpc) is 2.34. The van der Waals surface area contributed by atoms with Gasteiger partial charge in [-0.15, -0.1) is 6.58 Å². The lowest BCUT2D eigenvalue weighted by atomic mass is 10.3. The van der Waals surface area contributed by atoms with Crippen LogP contribution in [0, 0.1) is 0 Å². The van der Waals surface area contributed by atoms with Crippen LogP contribution in [0.3, 0.4) is 0 Å². The highest BCUT2D eigenvalue weighted by Crippen LogP contribution is 2.07. The lowest BCUT2D eigenvalue weighted by Crippen LogP contribution is -2.31. The van der Waals surface area contributed by atoms with Crippen LogP contribution in [0.1, 0.15) is 12.7 Å². The first-order valence-corrected chi connectivity index (χ1v) is 5.86. The summed E-state index contributed by atoms with van der Waals surface area (Å²) in [5.41, 5.74) is -0.518. The van der Waals surface area contributed by atoms with E-state index in [4.69, 9.17) is 14.3 Å². The van der Waals surface area contributed by atoms with Gasteiger partial charge in [-0.25, -0.2) is 0 Å². The fourth-order valence-corrected chi connectivity index (χ4v) is 1.50. The molecule has 0 amide bonds. The van der Waals surface area contributed by atoms with E-state index < -0.39 is 11.2 Å². The number of esters is 1. The first-order valence-electron chi connectivity index (χ1n) is 5.86. The molecule has 1 N–H and O–H groups in total. The molecule has 19 heavy (non-hydrogen) atoms. The highest BCUT2D eigenvalue weighted by atomic mass is 16.5. The third-order valence-corrected chi connectivity index (χ3v) is 2.29. The molecule has 0 aliphatic carbocycles. The Morgan fingerprint density at radius 1 is 1.63 bits per heavy atom. The molecule has 0 atom stereocenters. The van der Waals surface area contributed by atoms with Crippen LogP contribution in [0.25, 0.3) is 0 Å². The summed E-state index contributed by atoms with van der Waals surface area (Å²) in [4.78, 5) is 24.4. The molecule has 0 aromatic carbocycles. The monoisotopic (exact) mass is 267 g/mol.